The molecule has 0 spiro atoms. The van der Waals surface area contributed by atoms with Gasteiger partial charge in [-0.2, -0.15) is 0 Å². The third kappa shape index (κ3) is 4.59. The zero-order valence-corrected chi connectivity index (χ0v) is 15.3. The van der Waals surface area contributed by atoms with Gasteiger partial charge in [0, 0.05) is 18.7 Å². The highest BCUT2D eigenvalue weighted by atomic mass is 16.6. The van der Waals surface area contributed by atoms with Gasteiger partial charge in [-0.25, -0.2) is 9.59 Å². The van der Waals surface area contributed by atoms with Gasteiger partial charge in [0.15, 0.2) is 0 Å². The SMILES string of the molecule is COC(=O)C1=C(c2cccc([N+](=O)[O-])c2)CCN(C(=O)OC(C)(C)C)C1. The van der Waals surface area contributed by atoms with E-state index in [1.807, 2.05) is 0 Å². The van der Waals surface area contributed by atoms with Crippen LogP contribution in [0.5, 0.6) is 0 Å². The number of methoxy groups -OCH3 is 1. The van der Waals surface area contributed by atoms with Crippen molar-refractivity contribution >= 4 is 23.3 Å². The fraction of sp³-hybridized carbons (Fsp3) is 0.444. The second-order valence-electron chi connectivity index (χ2n) is 6.91. The lowest BCUT2D eigenvalue weighted by Crippen LogP contribution is -2.41. The standard InChI is InChI=1S/C18H22N2O6/c1-18(2,3)26-17(22)19-9-8-14(15(11-19)16(21)25-4)12-6-5-7-13(10-12)20(23)24/h5-7,10H,8-9,11H2,1-4H3. The lowest BCUT2D eigenvalue weighted by atomic mass is 9.93. The maximum Gasteiger partial charge on any atom is 0.410 e. The molecule has 1 aliphatic heterocycles. The van der Waals surface area contributed by atoms with E-state index in [-0.39, 0.29) is 12.2 Å². The number of hydrogen-bond donors (Lipinski definition) is 0. The molecule has 0 radical (unpaired) electrons. The average molecular weight is 362 g/mol. The van der Waals surface area contributed by atoms with Crippen molar-refractivity contribution in [1.82, 2.24) is 4.90 Å². The van der Waals surface area contributed by atoms with E-state index in [1.54, 1.807) is 32.9 Å². The van der Waals surface area contributed by atoms with E-state index in [1.165, 1.54) is 24.1 Å². The minimum Gasteiger partial charge on any atom is -0.466 e. The van der Waals surface area contributed by atoms with Crippen LogP contribution in [0.1, 0.15) is 32.8 Å². The highest BCUT2D eigenvalue weighted by Gasteiger charge is 2.31. The lowest BCUT2D eigenvalue weighted by molar-refractivity contribution is -0.384. The maximum absolute atomic E-state index is 12.3. The van der Waals surface area contributed by atoms with E-state index < -0.39 is 22.6 Å². The molecular weight excluding hydrogens is 340 g/mol. The third-order valence-electron chi connectivity index (χ3n) is 3.83. The number of carbonyl (C=O) groups is 2. The number of amides is 1. The Morgan fingerprint density at radius 2 is 1.96 bits per heavy atom. The summed E-state index contributed by atoms with van der Waals surface area (Å²) in [4.78, 5) is 36.5. The van der Waals surface area contributed by atoms with Crippen LogP contribution in [0.15, 0.2) is 29.8 Å². The van der Waals surface area contributed by atoms with Crippen LogP contribution >= 0.6 is 0 Å². The molecule has 2 rings (SSSR count). The highest BCUT2D eigenvalue weighted by Crippen LogP contribution is 2.30. The van der Waals surface area contributed by atoms with Crippen LogP contribution in [0.3, 0.4) is 0 Å². The van der Waals surface area contributed by atoms with Crippen LogP contribution in [-0.2, 0) is 14.3 Å². The molecule has 26 heavy (non-hydrogen) atoms. The zero-order valence-electron chi connectivity index (χ0n) is 15.3. The quantitative estimate of drug-likeness (QED) is 0.465. The number of hydrogen-bond acceptors (Lipinski definition) is 6. The fourth-order valence-electron chi connectivity index (χ4n) is 2.68. The lowest BCUT2D eigenvalue weighted by Gasteiger charge is -2.32. The van der Waals surface area contributed by atoms with Gasteiger partial charge in [0.1, 0.15) is 5.60 Å². The van der Waals surface area contributed by atoms with Crippen molar-refractivity contribution in [3.63, 3.8) is 0 Å². The van der Waals surface area contributed by atoms with Gasteiger partial charge in [-0.1, -0.05) is 12.1 Å². The molecule has 8 nitrogen and oxygen atoms in total. The minimum absolute atomic E-state index is 0.0274. The molecule has 1 heterocycles. The van der Waals surface area contributed by atoms with Crippen LogP contribution in [0.2, 0.25) is 0 Å². The Morgan fingerprint density at radius 1 is 1.27 bits per heavy atom. The molecule has 1 amide bonds. The number of carbonyl (C=O) groups excluding carboxylic acids is 2. The predicted molar refractivity (Wildman–Crippen MR) is 94.5 cm³/mol. The van der Waals surface area contributed by atoms with Crippen molar-refractivity contribution < 1.29 is 24.0 Å². The number of non-ortho nitro benzene ring substituents is 1. The summed E-state index contributed by atoms with van der Waals surface area (Å²) in [7, 11) is 1.26. The smallest absolute Gasteiger partial charge is 0.410 e. The van der Waals surface area contributed by atoms with Crippen molar-refractivity contribution in [2.75, 3.05) is 20.2 Å². The molecule has 140 valence electrons. The number of nitrogens with zero attached hydrogens (tertiary/aromatic N) is 2. The van der Waals surface area contributed by atoms with E-state index >= 15 is 0 Å². The van der Waals surface area contributed by atoms with Crippen LogP contribution < -0.4 is 0 Å². The van der Waals surface area contributed by atoms with Crippen molar-refractivity contribution in [1.29, 1.82) is 0 Å². The van der Waals surface area contributed by atoms with E-state index in [0.717, 1.165) is 0 Å². The van der Waals surface area contributed by atoms with Crippen molar-refractivity contribution in [3.8, 4) is 0 Å². The highest BCUT2D eigenvalue weighted by molar-refractivity contribution is 5.99. The van der Waals surface area contributed by atoms with Crippen LogP contribution in [0.25, 0.3) is 5.57 Å². The Labute approximate surface area is 151 Å². The molecule has 0 fully saturated rings. The Kier molecular flexibility index (Phi) is 5.64. The first-order valence-corrected chi connectivity index (χ1v) is 8.15. The normalized spacial score (nSPS) is 14.8. The molecule has 1 aromatic carbocycles. The van der Waals surface area contributed by atoms with Crippen LogP contribution in [-0.4, -0.2) is 47.7 Å². The molecule has 1 aliphatic rings. The number of rotatable bonds is 3. The predicted octanol–water partition coefficient (Wildman–Crippen LogP) is 3.16. The van der Waals surface area contributed by atoms with Gasteiger partial charge in [0.2, 0.25) is 0 Å². The van der Waals surface area contributed by atoms with Gasteiger partial charge in [-0.3, -0.25) is 10.1 Å². The van der Waals surface area contributed by atoms with Crippen LogP contribution in [0.4, 0.5) is 10.5 Å². The number of nitro groups is 1. The first-order chi connectivity index (χ1) is 12.1. The monoisotopic (exact) mass is 362 g/mol. The van der Waals surface area contributed by atoms with Gasteiger partial charge in [-0.15, -0.1) is 0 Å². The molecule has 8 heteroatoms. The van der Waals surface area contributed by atoms with Gasteiger partial charge in [0.25, 0.3) is 5.69 Å². The molecule has 0 saturated carbocycles. The topological polar surface area (TPSA) is 99.0 Å². The van der Waals surface area contributed by atoms with Gasteiger partial charge in [-0.05, 0) is 38.3 Å². The third-order valence-corrected chi connectivity index (χ3v) is 3.83. The summed E-state index contributed by atoms with van der Waals surface area (Å²) >= 11 is 0. The Morgan fingerprint density at radius 3 is 2.54 bits per heavy atom. The van der Waals surface area contributed by atoms with Crippen LogP contribution in [0, 0.1) is 10.1 Å². The van der Waals surface area contributed by atoms with E-state index in [2.05, 4.69) is 0 Å². The summed E-state index contributed by atoms with van der Waals surface area (Å²) in [6, 6.07) is 6.07. The first-order valence-electron chi connectivity index (χ1n) is 8.15. The average Bonchev–Trinajstić information content (AvgIpc) is 2.59. The molecule has 0 aliphatic carbocycles. The summed E-state index contributed by atoms with van der Waals surface area (Å²) in [6.45, 7) is 5.66. The first kappa shape index (κ1) is 19.4. The molecule has 1 aromatic rings. The fourth-order valence-corrected chi connectivity index (χ4v) is 2.68. The van der Waals surface area contributed by atoms with E-state index in [0.29, 0.717) is 29.7 Å². The van der Waals surface area contributed by atoms with E-state index in [4.69, 9.17) is 9.47 Å². The molecule has 0 aromatic heterocycles. The Bertz CT molecular complexity index is 763. The molecule has 0 atom stereocenters. The Balaban J connectivity index is 2.37. The van der Waals surface area contributed by atoms with Crippen molar-refractivity contribution in [3.05, 3.63) is 45.5 Å². The maximum atomic E-state index is 12.3. The number of esters is 1. The Hall–Kier alpha value is -2.90. The zero-order chi connectivity index (χ0) is 19.5. The summed E-state index contributed by atoms with van der Waals surface area (Å²) < 4.78 is 10.2. The number of ether oxygens (including phenoxy) is 2. The molecular formula is C18H22N2O6. The summed E-state index contributed by atoms with van der Waals surface area (Å²) in [5.74, 6) is -0.570. The van der Waals surface area contributed by atoms with E-state index in [9.17, 15) is 19.7 Å². The second kappa shape index (κ2) is 7.55. The van der Waals surface area contributed by atoms with Gasteiger partial charge in [0.05, 0.1) is 24.2 Å². The van der Waals surface area contributed by atoms with Crippen molar-refractivity contribution in [2.45, 2.75) is 32.8 Å². The molecule has 0 bridgehead atoms. The molecule has 0 N–H and O–H groups in total. The summed E-state index contributed by atoms with van der Waals surface area (Å²) in [5.41, 5.74) is 0.801. The number of nitro benzene ring substituents is 1. The molecule has 0 unspecified atom stereocenters. The minimum atomic E-state index is -0.646. The number of benzene rings is 1. The second-order valence-corrected chi connectivity index (χ2v) is 6.91. The largest absolute Gasteiger partial charge is 0.466 e. The van der Waals surface area contributed by atoms with Gasteiger partial charge < -0.3 is 14.4 Å². The summed E-state index contributed by atoms with van der Waals surface area (Å²) in [5, 5.41) is 11.0. The van der Waals surface area contributed by atoms with Gasteiger partial charge >= 0.3 is 12.1 Å². The molecule has 0 saturated heterocycles. The van der Waals surface area contributed by atoms with Crippen molar-refractivity contribution in [2.24, 2.45) is 0 Å². The summed E-state index contributed by atoms with van der Waals surface area (Å²) in [6.07, 6.45) is -0.151.